The lowest BCUT2D eigenvalue weighted by Gasteiger charge is -2.31. The number of likely N-dealkylation sites (tertiary alicyclic amines) is 1. The highest BCUT2D eigenvalue weighted by Crippen LogP contribution is 2.29. The maximum absolute atomic E-state index is 12.0. The normalized spacial score (nSPS) is 16.2. The number of rotatable bonds is 6. The minimum atomic E-state index is -0.514. The molecule has 3 heterocycles. The van der Waals surface area contributed by atoms with Gasteiger partial charge >= 0.3 is 0 Å². The summed E-state index contributed by atoms with van der Waals surface area (Å²) in [6.07, 6.45) is 5.94. The second kappa shape index (κ2) is 8.02. The molecule has 0 unspecified atom stereocenters. The first-order valence-corrected chi connectivity index (χ1v) is 10.8. The number of benzene rings is 1. The van der Waals surface area contributed by atoms with Crippen LogP contribution in [0.25, 0.3) is 21.8 Å². The Labute approximate surface area is 167 Å². The van der Waals surface area contributed by atoms with Gasteiger partial charge in [-0.2, -0.15) is 5.10 Å². The van der Waals surface area contributed by atoms with Gasteiger partial charge in [0.25, 0.3) is 5.91 Å². The quantitative estimate of drug-likeness (QED) is 0.476. The molecule has 0 saturated carbocycles. The third kappa shape index (κ3) is 3.57. The summed E-state index contributed by atoms with van der Waals surface area (Å²) < 4.78 is 1.93. The monoisotopic (exact) mass is 399 g/mol. The largest absolute Gasteiger partial charge is 0.364 e. The zero-order valence-electron chi connectivity index (χ0n) is 16.0. The first-order valence-electron chi connectivity index (χ1n) is 9.53. The van der Waals surface area contributed by atoms with Crippen molar-refractivity contribution >= 4 is 39.5 Å². The van der Waals surface area contributed by atoms with Crippen molar-refractivity contribution in [2.75, 3.05) is 32.4 Å². The summed E-state index contributed by atoms with van der Waals surface area (Å²) in [6.45, 7) is 4.48. The summed E-state index contributed by atoms with van der Waals surface area (Å²) in [5.74, 6) is -0.0185. The predicted octanol–water partition coefficient (Wildman–Crippen LogP) is 1.47. The van der Waals surface area contributed by atoms with Crippen molar-refractivity contribution < 1.29 is 4.79 Å². The standard InChI is InChI=1S/C19H25N7OS/c1-28-19-22-10-13-2-3-14-16(18(21)27)24-26(17(14)15(13)23-19)11-12-4-7-25(8-5-12)9-6-20/h2-3,10,12H,4-9,11,20H2,1H3,(H2,21,27). The van der Waals surface area contributed by atoms with E-state index in [0.717, 1.165) is 60.8 Å². The summed E-state index contributed by atoms with van der Waals surface area (Å²) in [5, 5.41) is 6.97. The molecule has 3 aromatic rings. The van der Waals surface area contributed by atoms with Crippen molar-refractivity contribution in [1.29, 1.82) is 0 Å². The molecule has 1 saturated heterocycles. The zero-order chi connectivity index (χ0) is 19.7. The number of nitrogens with two attached hydrogens (primary N) is 2. The average Bonchev–Trinajstić information content (AvgIpc) is 3.08. The summed E-state index contributed by atoms with van der Waals surface area (Å²) in [4.78, 5) is 23.4. The number of thioether (sulfide) groups is 1. The molecule has 0 radical (unpaired) electrons. The number of hydrogen-bond acceptors (Lipinski definition) is 7. The first kappa shape index (κ1) is 19.1. The lowest BCUT2D eigenvalue weighted by molar-refractivity contribution is 0.0995. The van der Waals surface area contributed by atoms with Crippen LogP contribution in [0.5, 0.6) is 0 Å². The molecule has 28 heavy (non-hydrogen) atoms. The third-order valence-corrected chi connectivity index (χ3v) is 6.00. The van der Waals surface area contributed by atoms with Gasteiger partial charge in [-0.15, -0.1) is 0 Å². The SMILES string of the molecule is CSc1ncc2ccc3c(C(N)=O)nn(CC4CCN(CCN)CC4)c3c2n1. The Hall–Kier alpha value is -2.23. The van der Waals surface area contributed by atoms with Crippen LogP contribution in [-0.4, -0.2) is 63.0 Å². The minimum absolute atomic E-state index is 0.307. The number of aromatic nitrogens is 4. The van der Waals surface area contributed by atoms with E-state index in [9.17, 15) is 4.79 Å². The Morgan fingerprint density at radius 2 is 2.11 bits per heavy atom. The Morgan fingerprint density at radius 1 is 1.32 bits per heavy atom. The number of hydrogen-bond donors (Lipinski definition) is 2. The van der Waals surface area contributed by atoms with Crippen LogP contribution >= 0.6 is 11.8 Å². The fraction of sp³-hybridized carbons (Fsp3) is 0.474. The van der Waals surface area contributed by atoms with E-state index >= 15 is 0 Å². The van der Waals surface area contributed by atoms with E-state index in [2.05, 4.69) is 15.0 Å². The summed E-state index contributed by atoms with van der Waals surface area (Å²) >= 11 is 1.49. The lowest BCUT2D eigenvalue weighted by Crippen LogP contribution is -2.38. The number of carbonyl (C=O) groups excluding carboxylic acids is 1. The van der Waals surface area contributed by atoms with Crippen molar-refractivity contribution in [2.45, 2.75) is 24.5 Å². The van der Waals surface area contributed by atoms with Crippen LogP contribution in [0.4, 0.5) is 0 Å². The van der Waals surface area contributed by atoms with Gasteiger partial charge in [-0.05, 0) is 44.2 Å². The van der Waals surface area contributed by atoms with Gasteiger partial charge < -0.3 is 16.4 Å². The molecular weight excluding hydrogens is 374 g/mol. The Bertz CT molecular complexity index is 1010. The van der Waals surface area contributed by atoms with Crippen LogP contribution in [0, 0.1) is 5.92 Å². The fourth-order valence-electron chi connectivity index (χ4n) is 3.98. The summed E-state index contributed by atoms with van der Waals surface area (Å²) in [5.41, 5.74) is 13.3. The topological polar surface area (TPSA) is 116 Å². The van der Waals surface area contributed by atoms with Gasteiger partial charge in [0.1, 0.15) is 5.52 Å². The number of piperidine rings is 1. The van der Waals surface area contributed by atoms with Crippen molar-refractivity contribution in [1.82, 2.24) is 24.6 Å². The van der Waals surface area contributed by atoms with Gasteiger partial charge in [0.05, 0.1) is 5.52 Å². The predicted molar refractivity (Wildman–Crippen MR) is 111 cm³/mol. The molecule has 9 heteroatoms. The molecule has 8 nitrogen and oxygen atoms in total. The van der Waals surface area contributed by atoms with Crippen LogP contribution < -0.4 is 11.5 Å². The van der Waals surface area contributed by atoms with Crippen LogP contribution in [0.3, 0.4) is 0 Å². The highest BCUT2D eigenvalue weighted by atomic mass is 32.2. The summed E-state index contributed by atoms with van der Waals surface area (Å²) in [7, 11) is 0. The van der Waals surface area contributed by atoms with Gasteiger partial charge in [0, 0.05) is 36.6 Å². The van der Waals surface area contributed by atoms with Gasteiger partial charge in [-0.25, -0.2) is 9.97 Å². The van der Waals surface area contributed by atoms with Gasteiger partial charge in [-0.1, -0.05) is 17.8 Å². The van der Waals surface area contributed by atoms with E-state index in [4.69, 9.17) is 16.5 Å². The number of nitrogens with zero attached hydrogens (tertiary/aromatic N) is 5. The van der Waals surface area contributed by atoms with Crippen molar-refractivity contribution in [3.8, 4) is 0 Å². The number of fused-ring (bicyclic) bond motifs is 3. The molecule has 1 aromatic carbocycles. The number of carbonyl (C=O) groups is 1. The molecule has 0 bridgehead atoms. The molecule has 0 spiro atoms. The molecule has 4 rings (SSSR count). The molecule has 0 aliphatic carbocycles. The molecule has 4 N–H and O–H groups in total. The van der Waals surface area contributed by atoms with Crippen molar-refractivity contribution in [3.63, 3.8) is 0 Å². The number of primary amides is 1. The Kier molecular flexibility index (Phi) is 5.47. The second-order valence-electron chi connectivity index (χ2n) is 7.22. The van der Waals surface area contributed by atoms with E-state index in [1.54, 1.807) is 0 Å². The zero-order valence-corrected chi connectivity index (χ0v) is 16.8. The van der Waals surface area contributed by atoms with Crippen LogP contribution in [0.1, 0.15) is 23.3 Å². The maximum Gasteiger partial charge on any atom is 0.269 e. The third-order valence-electron chi connectivity index (χ3n) is 5.44. The molecule has 1 amide bonds. The molecule has 1 aliphatic heterocycles. The fourth-order valence-corrected chi connectivity index (χ4v) is 4.32. The Morgan fingerprint density at radius 3 is 2.79 bits per heavy atom. The van der Waals surface area contributed by atoms with E-state index < -0.39 is 5.91 Å². The van der Waals surface area contributed by atoms with E-state index in [-0.39, 0.29) is 0 Å². The molecule has 0 atom stereocenters. The Balaban J connectivity index is 1.74. The first-order chi connectivity index (χ1) is 13.6. The van der Waals surface area contributed by atoms with Gasteiger partial charge in [0.2, 0.25) is 0 Å². The van der Waals surface area contributed by atoms with Gasteiger partial charge in [0.15, 0.2) is 10.9 Å². The van der Waals surface area contributed by atoms with Crippen LogP contribution in [0.15, 0.2) is 23.5 Å². The summed E-state index contributed by atoms with van der Waals surface area (Å²) in [6, 6.07) is 3.82. The smallest absolute Gasteiger partial charge is 0.269 e. The van der Waals surface area contributed by atoms with Gasteiger partial charge in [-0.3, -0.25) is 9.48 Å². The average molecular weight is 400 g/mol. The van der Waals surface area contributed by atoms with Crippen LogP contribution in [0.2, 0.25) is 0 Å². The molecule has 1 aliphatic rings. The molecule has 2 aromatic heterocycles. The maximum atomic E-state index is 12.0. The van der Waals surface area contributed by atoms with Crippen molar-refractivity contribution in [2.24, 2.45) is 17.4 Å². The molecule has 148 valence electrons. The second-order valence-corrected chi connectivity index (χ2v) is 8.00. The van der Waals surface area contributed by atoms with E-state index in [1.807, 2.05) is 29.3 Å². The highest BCUT2D eigenvalue weighted by Gasteiger charge is 2.23. The molecular formula is C19H25N7OS. The lowest BCUT2D eigenvalue weighted by atomic mass is 9.97. The number of amides is 1. The van der Waals surface area contributed by atoms with Crippen molar-refractivity contribution in [3.05, 3.63) is 24.0 Å². The van der Waals surface area contributed by atoms with E-state index in [0.29, 0.717) is 23.3 Å². The van der Waals surface area contributed by atoms with Crippen LogP contribution in [-0.2, 0) is 6.54 Å². The highest BCUT2D eigenvalue weighted by molar-refractivity contribution is 7.98. The van der Waals surface area contributed by atoms with E-state index in [1.165, 1.54) is 11.8 Å². The molecule has 1 fully saturated rings. The minimum Gasteiger partial charge on any atom is -0.364 e.